The van der Waals surface area contributed by atoms with Crippen molar-refractivity contribution in [2.75, 3.05) is 7.11 Å². The molecular formula is C17H24O2. The number of benzene rings is 1. The van der Waals surface area contributed by atoms with Crippen LogP contribution in [0.25, 0.3) is 0 Å². The summed E-state index contributed by atoms with van der Waals surface area (Å²) >= 11 is 0. The third kappa shape index (κ3) is 3.17. The molecule has 2 nitrogen and oxygen atoms in total. The summed E-state index contributed by atoms with van der Waals surface area (Å²) in [5, 5.41) is 0. The van der Waals surface area contributed by atoms with E-state index in [4.69, 9.17) is 4.74 Å². The van der Waals surface area contributed by atoms with E-state index in [0.29, 0.717) is 11.7 Å². The van der Waals surface area contributed by atoms with Crippen LogP contribution in [-0.4, -0.2) is 12.9 Å². The first-order valence-corrected chi connectivity index (χ1v) is 7.35. The van der Waals surface area contributed by atoms with Gasteiger partial charge in [-0.15, -0.1) is 0 Å². The maximum atomic E-state index is 12.5. The number of ether oxygens (including phenoxy) is 1. The summed E-state index contributed by atoms with van der Waals surface area (Å²) in [6.45, 7) is 4.26. The van der Waals surface area contributed by atoms with E-state index in [1.807, 2.05) is 18.2 Å². The highest BCUT2D eigenvalue weighted by Crippen LogP contribution is 2.31. The van der Waals surface area contributed by atoms with Gasteiger partial charge in [0.2, 0.25) is 0 Å². The van der Waals surface area contributed by atoms with E-state index in [9.17, 15) is 4.79 Å². The van der Waals surface area contributed by atoms with Crippen LogP contribution in [0.3, 0.4) is 0 Å². The van der Waals surface area contributed by atoms with Crippen LogP contribution in [0, 0.1) is 5.92 Å². The number of rotatable bonds is 4. The molecule has 1 saturated carbocycles. The molecule has 0 aromatic heterocycles. The Balaban J connectivity index is 2.24. The number of methoxy groups -OCH3 is 1. The number of Topliss-reactive ketones (excluding diaryl/α,β-unsaturated/α-hetero) is 1. The molecule has 0 radical (unpaired) electrons. The zero-order valence-electron chi connectivity index (χ0n) is 12.2. The predicted octanol–water partition coefficient (Wildman–Crippen LogP) is 4.58. The van der Waals surface area contributed by atoms with E-state index < -0.39 is 0 Å². The second-order valence-electron chi connectivity index (χ2n) is 5.81. The van der Waals surface area contributed by atoms with Crippen molar-refractivity contribution in [2.24, 2.45) is 5.92 Å². The molecule has 1 aliphatic rings. The minimum absolute atomic E-state index is 0.238. The standard InChI is InChI=1S/C17H24O2/c1-12(2)15-11-14(9-10-16(15)19-3)17(18)13-7-5-4-6-8-13/h9-13H,4-8H2,1-3H3. The molecule has 0 amide bonds. The monoisotopic (exact) mass is 260 g/mol. The maximum Gasteiger partial charge on any atom is 0.165 e. The lowest BCUT2D eigenvalue weighted by atomic mass is 9.83. The topological polar surface area (TPSA) is 26.3 Å². The van der Waals surface area contributed by atoms with Crippen molar-refractivity contribution in [3.63, 3.8) is 0 Å². The Morgan fingerprint density at radius 2 is 1.89 bits per heavy atom. The van der Waals surface area contributed by atoms with Gasteiger partial charge in [0.15, 0.2) is 5.78 Å². The second kappa shape index (κ2) is 6.23. The summed E-state index contributed by atoms with van der Waals surface area (Å²) in [5.41, 5.74) is 1.99. The molecule has 0 saturated heterocycles. The summed E-state index contributed by atoms with van der Waals surface area (Å²) in [4.78, 5) is 12.5. The smallest absolute Gasteiger partial charge is 0.165 e. The van der Waals surface area contributed by atoms with E-state index in [-0.39, 0.29) is 5.92 Å². The van der Waals surface area contributed by atoms with E-state index in [0.717, 1.165) is 29.7 Å². The fraction of sp³-hybridized carbons (Fsp3) is 0.588. The van der Waals surface area contributed by atoms with Crippen molar-refractivity contribution >= 4 is 5.78 Å². The third-order valence-corrected chi connectivity index (χ3v) is 4.11. The van der Waals surface area contributed by atoms with Crippen LogP contribution in [0.15, 0.2) is 18.2 Å². The molecular weight excluding hydrogens is 236 g/mol. The second-order valence-corrected chi connectivity index (χ2v) is 5.81. The largest absolute Gasteiger partial charge is 0.496 e. The Morgan fingerprint density at radius 3 is 2.47 bits per heavy atom. The molecule has 2 rings (SSSR count). The third-order valence-electron chi connectivity index (χ3n) is 4.11. The Bertz CT molecular complexity index is 443. The summed E-state index contributed by atoms with van der Waals surface area (Å²) in [6, 6.07) is 5.88. The normalized spacial score (nSPS) is 16.6. The van der Waals surface area contributed by atoms with Gasteiger partial charge in [0.25, 0.3) is 0 Å². The average Bonchev–Trinajstić information content (AvgIpc) is 2.46. The van der Waals surface area contributed by atoms with Gasteiger partial charge >= 0.3 is 0 Å². The summed E-state index contributed by atoms with van der Waals surface area (Å²) in [5.74, 6) is 1.82. The summed E-state index contributed by atoms with van der Waals surface area (Å²) < 4.78 is 5.38. The van der Waals surface area contributed by atoms with Gasteiger partial charge in [-0.2, -0.15) is 0 Å². The van der Waals surface area contributed by atoms with Gasteiger partial charge in [0.1, 0.15) is 5.75 Å². The van der Waals surface area contributed by atoms with Gasteiger partial charge in [-0.3, -0.25) is 4.79 Å². The van der Waals surface area contributed by atoms with Crippen LogP contribution in [-0.2, 0) is 0 Å². The molecule has 1 fully saturated rings. The number of hydrogen-bond donors (Lipinski definition) is 0. The van der Waals surface area contributed by atoms with Crippen molar-refractivity contribution in [3.05, 3.63) is 29.3 Å². The molecule has 0 atom stereocenters. The van der Waals surface area contributed by atoms with Crippen LogP contribution >= 0.6 is 0 Å². The van der Waals surface area contributed by atoms with Gasteiger partial charge in [0, 0.05) is 11.5 Å². The maximum absolute atomic E-state index is 12.5. The molecule has 2 heteroatoms. The van der Waals surface area contributed by atoms with Crippen LogP contribution in [0.2, 0.25) is 0 Å². The van der Waals surface area contributed by atoms with Gasteiger partial charge in [-0.1, -0.05) is 33.1 Å². The highest BCUT2D eigenvalue weighted by atomic mass is 16.5. The van der Waals surface area contributed by atoms with Gasteiger partial charge in [-0.25, -0.2) is 0 Å². The van der Waals surface area contributed by atoms with Crippen LogP contribution in [0.5, 0.6) is 5.75 Å². The molecule has 0 aliphatic heterocycles. The SMILES string of the molecule is COc1ccc(C(=O)C2CCCCC2)cc1C(C)C. The number of ketones is 1. The van der Waals surface area contributed by atoms with Gasteiger partial charge in [0.05, 0.1) is 7.11 Å². The molecule has 1 aliphatic carbocycles. The van der Waals surface area contributed by atoms with E-state index in [1.165, 1.54) is 19.3 Å². The Hall–Kier alpha value is -1.31. The number of carbonyl (C=O) groups is 1. The molecule has 19 heavy (non-hydrogen) atoms. The van der Waals surface area contributed by atoms with Crippen molar-refractivity contribution in [1.82, 2.24) is 0 Å². The van der Waals surface area contributed by atoms with Gasteiger partial charge < -0.3 is 4.74 Å². The molecule has 1 aromatic carbocycles. The lowest BCUT2D eigenvalue weighted by Crippen LogP contribution is -2.18. The molecule has 104 valence electrons. The first-order valence-electron chi connectivity index (χ1n) is 7.35. The Kier molecular flexibility index (Phi) is 4.62. The molecule has 1 aromatic rings. The molecule has 0 bridgehead atoms. The van der Waals surface area contributed by atoms with Crippen molar-refractivity contribution in [2.45, 2.75) is 51.9 Å². The van der Waals surface area contributed by atoms with Crippen molar-refractivity contribution < 1.29 is 9.53 Å². The van der Waals surface area contributed by atoms with Crippen LogP contribution in [0.4, 0.5) is 0 Å². The average molecular weight is 260 g/mol. The zero-order valence-corrected chi connectivity index (χ0v) is 12.2. The number of hydrogen-bond acceptors (Lipinski definition) is 2. The summed E-state index contributed by atoms with van der Waals surface area (Å²) in [6.07, 6.45) is 5.79. The lowest BCUT2D eigenvalue weighted by molar-refractivity contribution is 0.0889. The van der Waals surface area contributed by atoms with Gasteiger partial charge in [-0.05, 0) is 42.5 Å². The molecule has 0 N–H and O–H groups in total. The van der Waals surface area contributed by atoms with Crippen LogP contribution in [0.1, 0.15) is 67.8 Å². The van der Waals surface area contributed by atoms with E-state index in [1.54, 1.807) is 7.11 Å². The highest BCUT2D eigenvalue weighted by Gasteiger charge is 2.23. The molecule has 0 spiro atoms. The first-order chi connectivity index (χ1) is 9.13. The lowest BCUT2D eigenvalue weighted by Gasteiger charge is -2.21. The Labute approximate surface area is 116 Å². The fourth-order valence-electron chi connectivity index (χ4n) is 2.94. The quantitative estimate of drug-likeness (QED) is 0.741. The van der Waals surface area contributed by atoms with Crippen molar-refractivity contribution in [1.29, 1.82) is 0 Å². The zero-order chi connectivity index (χ0) is 13.8. The minimum atomic E-state index is 0.238. The fourth-order valence-corrected chi connectivity index (χ4v) is 2.94. The molecule has 0 heterocycles. The van der Waals surface area contributed by atoms with E-state index in [2.05, 4.69) is 13.8 Å². The van der Waals surface area contributed by atoms with E-state index >= 15 is 0 Å². The van der Waals surface area contributed by atoms with Crippen LogP contribution < -0.4 is 4.74 Å². The minimum Gasteiger partial charge on any atom is -0.496 e. The Morgan fingerprint density at radius 1 is 1.21 bits per heavy atom. The highest BCUT2D eigenvalue weighted by molar-refractivity contribution is 5.98. The molecule has 0 unspecified atom stereocenters. The predicted molar refractivity (Wildman–Crippen MR) is 78.0 cm³/mol. The first kappa shape index (κ1) is 14.1. The number of carbonyl (C=O) groups excluding carboxylic acids is 1. The summed E-state index contributed by atoms with van der Waals surface area (Å²) in [7, 11) is 1.68. The van der Waals surface area contributed by atoms with Crippen molar-refractivity contribution in [3.8, 4) is 5.75 Å².